The molecule has 0 aliphatic rings. The van der Waals surface area contributed by atoms with Crippen LogP contribution in [0.5, 0.6) is 0 Å². The minimum Gasteiger partial charge on any atom is -0.446 e. The van der Waals surface area contributed by atoms with Crippen LogP contribution in [0.3, 0.4) is 0 Å². The minimum absolute atomic E-state index is 0.267. The number of hydrogen-bond donors (Lipinski definition) is 0. The van der Waals surface area contributed by atoms with Crippen LogP contribution < -0.4 is 0 Å². The van der Waals surface area contributed by atoms with Crippen LogP contribution in [0.15, 0.2) is 39.5 Å². The Labute approximate surface area is 113 Å². The van der Waals surface area contributed by atoms with E-state index in [1.807, 2.05) is 24.3 Å². The van der Waals surface area contributed by atoms with Crippen LogP contribution in [0.1, 0.15) is 19.9 Å². The number of furan rings is 1. The Balaban J connectivity index is 2.31. The molecule has 0 unspecified atom stereocenters. The molecule has 0 spiro atoms. The first-order valence-electron chi connectivity index (χ1n) is 5.75. The zero-order valence-electron chi connectivity index (χ0n) is 10.1. The second-order valence-corrected chi connectivity index (χ2v) is 5.13. The van der Waals surface area contributed by atoms with Crippen LogP contribution in [-0.4, -0.2) is 14.5 Å². The molecule has 0 saturated heterocycles. The third-order valence-electron chi connectivity index (χ3n) is 2.76. The maximum absolute atomic E-state index is 5.60. The molecule has 3 rings (SSSR count). The fourth-order valence-corrected chi connectivity index (χ4v) is 2.33. The highest BCUT2D eigenvalue weighted by Crippen LogP contribution is 2.29. The molecular formula is C13H12BrN3O. The summed E-state index contributed by atoms with van der Waals surface area (Å²) < 4.78 is 8.38. The van der Waals surface area contributed by atoms with E-state index >= 15 is 0 Å². The predicted octanol–water partition coefficient (Wildman–Crippen LogP) is 4.03. The van der Waals surface area contributed by atoms with Gasteiger partial charge in [-0.25, -0.2) is 9.97 Å². The predicted molar refractivity (Wildman–Crippen MR) is 73.3 cm³/mol. The standard InChI is InChI=1S/C13H12BrN3O/c1-8(2)17-12-9(4-3-7-15-12)16-13(17)10-5-6-11(14)18-10/h3-8H,1-2H3. The highest BCUT2D eigenvalue weighted by atomic mass is 79.9. The molecule has 0 saturated carbocycles. The molecule has 0 N–H and O–H groups in total. The topological polar surface area (TPSA) is 43.9 Å². The van der Waals surface area contributed by atoms with Gasteiger partial charge in [0.1, 0.15) is 5.52 Å². The van der Waals surface area contributed by atoms with Crippen molar-refractivity contribution in [2.45, 2.75) is 19.9 Å². The molecule has 3 heterocycles. The highest BCUT2D eigenvalue weighted by Gasteiger charge is 2.17. The molecule has 0 amide bonds. The summed E-state index contributed by atoms with van der Waals surface area (Å²) in [6, 6.07) is 7.89. The lowest BCUT2D eigenvalue weighted by molar-refractivity contribution is 0.536. The van der Waals surface area contributed by atoms with Gasteiger partial charge in [0.05, 0.1) is 0 Å². The summed E-state index contributed by atoms with van der Waals surface area (Å²) in [5, 5.41) is 0. The molecule has 0 aromatic carbocycles. The molecule has 0 atom stereocenters. The van der Waals surface area contributed by atoms with E-state index in [1.165, 1.54) is 0 Å². The number of rotatable bonds is 2. The normalized spacial score (nSPS) is 11.6. The molecule has 5 heteroatoms. The van der Waals surface area contributed by atoms with Gasteiger partial charge in [0.15, 0.2) is 21.9 Å². The lowest BCUT2D eigenvalue weighted by Crippen LogP contribution is -2.03. The summed E-state index contributed by atoms with van der Waals surface area (Å²) in [7, 11) is 0. The van der Waals surface area contributed by atoms with Crippen molar-refractivity contribution in [2.24, 2.45) is 0 Å². The van der Waals surface area contributed by atoms with E-state index in [0.717, 1.165) is 22.7 Å². The molecule has 3 aromatic heterocycles. The first-order chi connectivity index (χ1) is 8.66. The van der Waals surface area contributed by atoms with Gasteiger partial charge in [-0.3, -0.25) is 0 Å². The van der Waals surface area contributed by atoms with E-state index in [-0.39, 0.29) is 6.04 Å². The summed E-state index contributed by atoms with van der Waals surface area (Å²) in [4.78, 5) is 9.01. The van der Waals surface area contributed by atoms with Gasteiger partial charge < -0.3 is 8.98 Å². The monoisotopic (exact) mass is 305 g/mol. The third kappa shape index (κ3) is 1.75. The Bertz CT molecular complexity index is 699. The molecule has 0 radical (unpaired) electrons. The average molecular weight is 306 g/mol. The lowest BCUT2D eigenvalue weighted by Gasteiger charge is -2.10. The summed E-state index contributed by atoms with van der Waals surface area (Å²) in [6.07, 6.45) is 1.78. The SMILES string of the molecule is CC(C)n1c(-c2ccc(Br)o2)nc2cccnc21. The second kappa shape index (κ2) is 4.24. The smallest absolute Gasteiger partial charge is 0.178 e. The van der Waals surface area contributed by atoms with Crippen molar-refractivity contribution < 1.29 is 4.42 Å². The molecule has 4 nitrogen and oxygen atoms in total. The summed E-state index contributed by atoms with van der Waals surface area (Å²) in [5.74, 6) is 1.55. The van der Waals surface area contributed by atoms with Gasteiger partial charge in [-0.1, -0.05) is 0 Å². The number of pyridine rings is 1. The van der Waals surface area contributed by atoms with Crippen LogP contribution >= 0.6 is 15.9 Å². The molecule has 3 aromatic rings. The molecule has 0 aliphatic carbocycles. The minimum atomic E-state index is 0.267. The number of hydrogen-bond acceptors (Lipinski definition) is 3. The van der Waals surface area contributed by atoms with Gasteiger partial charge in [0, 0.05) is 12.2 Å². The first kappa shape index (κ1) is 11.5. The number of nitrogens with zero attached hydrogens (tertiary/aromatic N) is 3. The number of aromatic nitrogens is 3. The van der Waals surface area contributed by atoms with Crippen molar-refractivity contribution in [1.82, 2.24) is 14.5 Å². The lowest BCUT2D eigenvalue weighted by atomic mass is 10.3. The quantitative estimate of drug-likeness (QED) is 0.718. The van der Waals surface area contributed by atoms with Gasteiger partial charge >= 0.3 is 0 Å². The Kier molecular flexibility index (Phi) is 2.70. The molecule has 0 fully saturated rings. The Morgan fingerprint density at radius 3 is 2.78 bits per heavy atom. The van der Waals surface area contributed by atoms with Crippen LogP contribution in [0.2, 0.25) is 0 Å². The van der Waals surface area contributed by atoms with E-state index in [1.54, 1.807) is 6.20 Å². The van der Waals surface area contributed by atoms with Crippen molar-refractivity contribution in [1.29, 1.82) is 0 Å². The summed E-state index contributed by atoms with van der Waals surface area (Å²) >= 11 is 3.32. The van der Waals surface area contributed by atoms with Gasteiger partial charge in [0.2, 0.25) is 0 Å². The van der Waals surface area contributed by atoms with Crippen LogP contribution in [0.4, 0.5) is 0 Å². The van der Waals surface area contributed by atoms with Crippen molar-refractivity contribution in [3.8, 4) is 11.6 Å². The van der Waals surface area contributed by atoms with Gasteiger partial charge in [-0.15, -0.1) is 0 Å². The number of fused-ring (bicyclic) bond motifs is 1. The van der Waals surface area contributed by atoms with E-state index in [2.05, 4.69) is 44.3 Å². The molecule has 0 aliphatic heterocycles. The van der Waals surface area contributed by atoms with Crippen molar-refractivity contribution >= 4 is 27.1 Å². The zero-order chi connectivity index (χ0) is 12.7. The fourth-order valence-electron chi connectivity index (χ4n) is 2.03. The maximum Gasteiger partial charge on any atom is 0.178 e. The van der Waals surface area contributed by atoms with Crippen LogP contribution in [0.25, 0.3) is 22.7 Å². The third-order valence-corrected chi connectivity index (χ3v) is 3.18. The largest absolute Gasteiger partial charge is 0.446 e. The maximum atomic E-state index is 5.60. The Morgan fingerprint density at radius 1 is 1.28 bits per heavy atom. The van der Waals surface area contributed by atoms with Gasteiger partial charge in [-0.2, -0.15) is 0 Å². The molecule has 0 bridgehead atoms. The van der Waals surface area contributed by atoms with Crippen molar-refractivity contribution in [3.63, 3.8) is 0 Å². The molecule has 18 heavy (non-hydrogen) atoms. The first-order valence-corrected chi connectivity index (χ1v) is 6.55. The molecular weight excluding hydrogens is 294 g/mol. The van der Waals surface area contributed by atoms with Crippen molar-refractivity contribution in [2.75, 3.05) is 0 Å². The Morgan fingerprint density at radius 2 is 2.11 bits per heavy atom. The van der Waals surface area contributed by atoms with E-state index < -0.39 is 0 Å². The number of halogens is 1. The Hall–Kier alpha value is -1.62. The van der Waals surface area contributed by atoms with Crippen LogP contribution in [-0.2, 0) is 0 Å². The van der Waals surface area contributed by atoms with E-state index in [0.29, 0.717) is 4.67 Å². The highest BCUT2D eigenvalue weighted by molar-refractivity contribution is 9.10. The average Bonchev–Trinajstić information content (AvgIpc) is 2.91. The fraction of sp³-hybridized carbons (Fsp3) is 0.231. The second-order valence-electron chi connectivity index (χ2n) is 4.35. The van der Waals surface area contributed by atoms with Gasteiger partial charge in [0.25, 0.3) is 0 Å². The zero-order valence-corrected chi connectivity index (χ0v) is 11.7. The number of imidazole rings is 1. The van der Waals surface area contributed by atoms with Crippen molar-refractivity contribution in [3.05, 3.63) is 35.1 Å². The van der Waals surface area contributed by atoms with E-state index in [4.69, 9.17) is 4.42 Å². The van der Waals surface area contributed by atoms with Crippen LogP contribution in [0, 0.1) is 0 Å². The molecule has 92 valence electrons. The van der Waals surface area contributed by atoms with Gasteiger partial charge in [-0.05, 0) is 54.0 Å². The summed E-state index contributed by atoms with van der Waals surface area (Å²) in [6.45, 7) is 4.22. The summed E-state index contributed by atoms with van der Waals surface area (Å²) in [5.41, 5.74) is 1.77. The van der Waals surface area contributed by atoms with E-state index in [9.17, 15) is 0 Å².